The van der Waals surface area contributed by atoms with E-state index in [1.165, 1.54) is 11.8 Å². The number of nitrogens with two attached hydrogens (primary N) is 2. The standard InChI is InChI=1S/C11H15N3S/c1-15-10(12)14-9-4-2-3-8(7-9)11(13)5-6-11/h2-4,7H,5-6,13H2,1H3,(H2,12,14). The molecule has 1 saturated carbocycles. The summed E-state index contributed by atoms with van der Waals surface area (Å²) in [6, 6.07) is 8.00. The predicted octanol–water partition coefficient (Wildman–Crippen LogP) is 1.94. The van der Waals surface area contributed by atoms with Crippen LogP contribution in [0.1, 0.15) is 18.4 Å². The summed E-state index contributed by atoms with van der Waals surface area (Å²) >= 11 is 1.45. The largest absolute Gasteiger partial charge is 0.378 e. The second-order valence-corrected chi connectivity index (χ2v) is 4.69. The van der Waals surface area contributed by atoms with Gasteiger partial charge in [0, 0.05) is 5.54 Å². The van der Waals surface area contributed by atoms with E-state index in [0.717, 1.165) is 24.1 Å². The molecule has 1 aliphatic rings. The van der Waals surface area contributed by atoms with E-state index in [1.807, 2.05) is 24.5 Å². The predicted molar refractivity (Wildman–Crippen MR) is 66.3 cm³/mol. The molecule has 80 valence electrons. The molecule has 0 amide bonds. The summed E-state index contributed by atoms with van der Waals surface area (Å²) in [5.41, 5.74) is 13.7. The van der Waals surface area contributed by atoms with Crippen molar-refractivity contribution >= 4 is 22.6 Å². The average molecular weight is 221 g/mol. The van der Waals surface area contributed by atoms with Gasteiger partial charge in [-0.25, -0.2) is 4.99 Å². The molecule has 0 radical (unpaired) electrons. The van der Waals surface area contributed by atoms with Crippen molar-refractivity contribution in [2.45, 2.75) is 18.4 Å². The average Bonchev–Trinajstić information content (AvgIpc) is 2.98. The second kappa shape index (κ2) is 3.87. The quantitative estimate of drug-likeness (QED) is 0.592. The fourth-order valence-corrected chi connectivity index (χ4v) is 1.68. The van der Waals surface area contributed by atoms with Crippen LogP contribution >= 0.6 is 11.8 Å². The Kier molecular flexibility index (Phi) is 2.71. The lowest BCUT2D eigenvalue weighted by molar-refractivity contribution is 0.740. The summed E-state index contributed by atoms with van der Waals surface area (Å²) in [5, 5.41) is 0.578. The summed E-state index contributed by atoms with van der Waals surface area (Å²) < 4.78 is 0. The van der Waals surface area contributed by atoms with Gasteiger partial charge in [-0.3, -0.25) is 0 Å². The number of thioether (sulfide) groups is 1. The van der Waals surface area contributed by atoms with Crippen molar-refractivity contribution < 1.29 is 0 Å². The normalized spacial score (nSPS) is 18.9. The highest BCUT2D eigenvalue weighted by molar-refractivity contribution is 8.13. The first kappa shape index (κ1) is 10.5. The third-order valence-corrected chi connectivity index (χ3v) is 3.17. The fourth-order valence-electron chi connectivity index (χ4n) is 1.48. The van der Waals surface area contributed by atoms with Gasteiger partial charge in [-0.1, -0.05) is 23.9 Å². The van der Waals surface area contributed by atoms with Crippen molar-refractivity contribution in [3.05, 3.63) is 29.8 Å². The molecule has 1 aromatic carbocycles. The van der Waals surface area contributed by atoms with Crippen LogP contribution in [0.5, 0.6) is 0 Å². The number of benzene rings is 1. The van der Waals surface area contributed by atoms with Crippen LogP contribution in [0.3, 0.4) is 0 Å². The van der Waals surface area contributed by atoms with Crippen LogP contribution in [0.2, 0.25) is 0 Å². The smallest absolute Gasteiger partial charge is 0.158 e. The molecule has 4 N–H and O–H groups in total. The van der Waals surface area contributed by atoms with Crippen LogP contribution < -0.4 is 11.5 Å². The number of hydrogen-bond donors (Lipinski definition) is 2. The maximum atomic E-state index is 6.12. The molecule has 0 aromatic heterocycles. The maximum Gasteiger partial charge on any atom is 0.158 e. The third kappa shape index (κ3) is 2.33. The first-order valence-corrected chi connectivity index (χ1v) is 6.14. The highest BCUT2D eigenvalue weighted by Gasteiger charge is 2.39. The third-order valence-electron chi connectivity index (χ3n) is 2.66. The molecule has 15 heavy (non-hydrogen) atoms. The zero-order valence-corrected chi connectivity index (χ0v) is 9.55. The maximum absolute atomic E-state index is 6.12. The number of nitrogens with zero attached hydrogens (tertiary/aromatic N) is 1. The lowest BCUT2D eigenvalue weighted by atomic mass is 10.1. The Morgan fingerprint density at radius 3 is 2.80 bits per heavy atom. The van der Waals surface area contributed by atoms with Gasteiger partial charge < -0.3 is 11.5 Å². The first-order chi connectivity index (χ1) is 7.14. The number of rotatable bonds is 2. The van der Waals surface area contributed by atoms with Crippen LogP contribution in [0.4, 0.5) is 5.69 Å². The minimum absolute atomic E-state index is 0.0976. The second-order valence-electron chi connectivity index (χ2n) is 3.86. The van der Waals surface area contributed by atoms with Crippen molar-refractivity contribution in [1.82, 2.24) is 0 Å². The SMILES string of the molecule is CSC(N)=Nc1cccc(C2(N)CC2)c1. The molecular weight excluding hydrogens is 206 g/mol. The molecule has 3 nitrogen and oxygen atoms in total. The van der Waals surface area contributed by atoms with Crippen molar-refractivity contribution in [1.29, 1.82) is 0 Å². The molecule has 0 saturated heterocycles. The molecule has 1 aromatic rings. The molecule has 0 aliphatic heterocycles. The Bertz CT molecular complexity index is 397. The van der Waals surface area contributed by atoms with Gasteiger partial charge in [0.05, 0.1) is 5.69 Å². The van der Waals surface area contributed by atoms with E-state index >= 15 is 0 Å². The molecule has 0 spiro atoms. The van der Waals surface area contributed by atoms with Crippen LogP contribution in [0, 0.1) is 0 Å². The Labute approximate surface area is 93.9 Å². The number of hydrogen-bond acceptors (Lipinski definition) is 3. The summed E-state index contributed by atoms with van der Waals surface area (Å²) in [7, 11) is 0. The molecular formula is C11H15N3S. The van der Waals surface area contributed by atoms with Crippen LogP contribution in [0.25, 0.3) is 0 Å². The van der Waals surface area contributed by atoms with Crippen LogP contribution in [-0.2, 0) is 5.54 Å². The summed E-state index contributed by atoms with van der Waals surface area (Å²) in [6.45, 7) is 0. The van der Waals surface area contributed by atoms with E-state index in [-0.39, 0.29) is 5.54 Å². The van der Waals surface area contributed by atoms with E-state index < -0.39 is 0 Å². The van der Waals surface area contributed by atoms with Gasteiger partial charge >= 0.3 is 0 Å². The van der Waals surface area contributed by atoms with Crippen molar-refractivity contribution in [2.75, 3.05) is 6.26 Å². The zero-order valence-electron chi connectivity index (χ0n) is 8.73. The highest BCUT2D eigenvalue weighted by Crippen LogP contribution is 2.43. The lowest BCUT2D eigenvalue weighted by Gasteiger charge is -2.09. The Balaban J connectivity index is 2.27. The topological polar surface area (TPSA) is 64.4 Å². The summed E-state index contributed by atoms with van der Waals surface area (Å²) in [6.07, 6.45) is 4.05. The van der Waals surface area contributed by atoms with Crippen LogP contribution in [0.15, 0.2) is 29.3 Å². The Hall–Kier alpha value is -1.00. The van der Waals surface area contributed by atoms with E-state index in [1.54, 1.807) is 0 Å². The summed E-state index contributed by atoms with van der Waals surface area (Å²) in [4.78, 5) is 4.28. The molecule has 0 bridgehead atoms. The molecule has 1 aliphatic carbocycles. The zero-order chi connectivity index (χ0) is 10.9. The molecule has 0 atom stereocenters. The highest BCUT2D eigenvalue weighted by atomic mass is 32.2. The molecule has 4 heteroatoms. The van der Waals surface area contributed by atoms with Gasteiger partial charge in [-0.05, 0) is 36.8 Å². The number of amidine groups is 1. The summed E-state index contributed by atoms with van der Waals surface area (Å²) in [5.74, 6) is 0. The van der Waals surface area contributed by atoms with Crippen molar-refractivity contribution in [3.8, 4) is 0 Å². The molecule has 2 rings (SSSR count). The van der Waals surface area contributed by atoms with Crippen molar-refractivity contribution in [3.63, 3.8) is 0 Å². The van der Waals surface area contributed by atoms with Crippen molar-refractivity contribution in [2.24, 2.45) is 16.5 Å². The monoisotopic (exact) mass is 221 g/mol. The van der Waals surface area contributed by atoms with Gasteiger partial charge in [0.25, 0.3) is 0 Å². The minimum atomic E-state index is -0.0976. The van der Waals surface area contributed by atoms with Gasteiger partial charge in [-0.2, -0.15) is 0 Å². The van der Waals surface area contributed by atoms with Gasteiger partial charge in [0.1, 0.15) is 0 Å². The van der Waals surface area contributed by atoms with Gasteiger partial charge in [0.15, 0.2) is 5.17 Å². The van der Waals surface area contributed by atoms with E-state index in [0.29, 0.717) is 5.17 Å². The Morgan fingerprint density at radius 1 is 1.47 bits per heavy atom. The minimum Gasteiger partial charge on any atom is -0.378 e. The van der Waals surface area contributed by atoms with E-state index in [2.05, 4.69) is 11.1 Å². The lowest BCUT2D eigenvalue weighted by Crippen LogP contribution is -2.18. The Morgan fingerprint density at radius 2 is 2.20 bits per heavy atom. The van der Waals surface area contributed by atoms with Gasteiger partial charge in [0.2, 0.25) is 0 Å². The first-order valence-electron chi connectivity index (χ1n) is 4.92. The molecule has 0 unspecified atom stereocenters. The van der Waals surface area contributed by atoms with E-state index in [4.69, 9.17) is 11.5 Å². The number of aliphatic imine (C=N–C) groups is 1. The van der Waals surface area contributed by atoms with E-state index in [9.17, 15) is 0 Å². The van der Waals surface area contributed by atoms with Gasteiger partial charge in [-0.15, -0.1) is 0 Å². The van der Waals surface area contributed by atoms with Crippen LogP contribution in [-0.4, -0.2) is 11.4 Å². The molecule has 1 fully saturated rings. The fraction of sp³-hybridized carbons (Fsp3) is 0.364. The molecule has 0 heterocycles.